The van der Waals surface area contributed by atoms with Gasteiger partial charge in [-0.05, 0) is 42.8 Å². The minimum absolute atomic E-state index is 0.0966. The average molecular weight is 471 g/mol. The van der Waals surface area contributed by atoms with Crippen molar-refractivity contribution in [1.82, 2.24) is 9.88 Å². The number of aromatic nitrogens is 1. The van der Waals surface area contributed by atoms with Crippen molar-refractivity contribution in [2.24, 2.45) is 5.73 Å². The van der Waals surface area contributed by atoms with E-state index in [1.54, 1.807) is 0 Å². The van der Waals surface area contributed by atoms with E-state index in [0.717, 1.165) is 17.0 Å². The fraction of sp³-hybridized carbons (Fsp3) is 0.222. The molecule has 0 saturated carbocycles. The number of rotatable bonds is 5. The molecule has 1 aliphatic heterocycles. The van der Waals surface area contributed by atoms with Crippen LogP contribution in [0.25, 0.3) is 0 Å². The predicted octanol–water partition coefficient (Wildman–Crippen LogP) is 2.22. The average Bonchev–Trinajstić information content (AvgIpc) is 2.91. The summed E-state index contributed by atoms with van der Waals surface area (Å²) in [5.74, 6) is -0.667. The van der Waals surface area contributed by atoms with Crippen LogP contribution in [0.1, 0.15) is 12.5 Å². The first kappa shape index (κ1) is 23.0. The smallest absolute Gasteiger partial charge is 0.351 e. The van der Waals surface area contributed by atoms with E-state index in [0.29, 0.717) is 17.7 Å². The van der Waals surface area contributed by atoms with Crippen molar-refractivity contribution in [3.8, 4) is 0 Å². The summed E-state index contributed by atoms with van der Waals surface area (Å²) in [6.45, 7) is 1.34. The summed E-state index contributed by atoms with van der Waals surface area (Å²) in [6.07, 6.45) is 2.72. The number of sulfone groups is 1. The summed E-state index contributed by atoms with van der Waals surface area (Å²) >= 11 is 0. The molecule has 1 unspecified atom stereocenters. The zero-order chi connectivity index (χ0) is 23.8. The van der Waals surface area contributed by atoms with Crippen molar-refractivity contribution in [3.05, 3.63) is 48.3 Å². The molecule has 170 valence electrons. The molecule has 1 atom stereocenters. The Labute approximate surface area is 179 Å². The molecule has 32 heavy (non-hydrogen) atoms. The van der Waals surface area contributed by atoms with E-state index in [1.807, 2.05) is 0 Å². The maximum Gasteiger partial charge on any atom is 0.501 e. The van der Waals surface area contributed by atoms with Gasteiger partial charge in [0.15, 0.2) is 0 Å². The van der Waals surface area contributed by atoms with Crippen molar-refractivity contribution < 1.29 is 36.0 Å². The molecular weight excluding hydrogens is 455 g/mol. The summed E-state index contributed by atoms with van der Waals surface area (Å²) in [5, 5.41) is 2.35. The number of carbonyl (C=O) groups is 3. The van der Waals surface area contributed by atoms with E-state index < -0.39 is 44.3 Å². The van der Waals surface area contributed by atoms with Crippen molar-refractivity contribution in [2.45, 2.75) is 29.9 Å². The van der Waals surface area contributed by atoms with Crippen LogP contribution in [-0.2, 0) is 21.2 Å². The molecule has 0 bridgehead atoms. The maximum absolute atomic E-state index is 12.9. The van der Waals surface area contributed by atoms with E-state index in [-0.39, 0.29) is 17.9 Å². The number of primary amides is 1. The number of nitrogens with one attached hydrogen (secondary N) is 1. The van der Waals surface area contributed by atoms with Crippen LogP contribution in [-0.4, -0.2) is 47.8 Å². The van der Waals surface area contributed by atoms with E-state index in [2.05, 4.69) is 10.3 Å². The lowest BCUT2D eigenvalue weighted by atomic mass is 10.2. The molecule has 10 nitrogen and oxygen atoms in total. The second-order valence-corrected chi connectivity index (χ2v) is 8.67. The van der Waals surface area contributed by atoms with Crippen LogP contribution in [0.2, 0.25) is 0 Å². The molecule has 1 saturated heterocycles. The number of benzene rings is 1. The number of nitrogens with two attached hydrogens (primary N) is 1. The highest BCUT2D eigenvalue weighted by atomic mass is 32.2. The number of imide groups is 1. The summed E-state index contributed by atoms with van der Waals surface area (Å²) in [5.41, 5.74) is 0.190. The number of hydrogen-bond acceptors (Lipinski definition) is 6. The van der Waals surface area contributed by atoms with Gasteiger partial charge in [-0.15, -0.1) is 0 Å². The molecule has 2 heterocycles. The summed E-state index contributed by atoms with van der Waals surface area (Å²) in [6, 6.07) is 2.15. The van der Waals surface area contributed by atoms with Gasteiger partial charge in [-0.2, -0.15) is 13.2 Å². The standard InChI is InChI=1S/C18H16F3N5O5S/c1-10-15(27)26(12-2-4-13(5-3-12)32(30,31)18(19,20)21)17(29)25(10)9-11-6-7-23-8-14(11)24-16(22)28/h2-8,10H,9H2,1H3,(H3,22,24,28). The highest BCUT2D eigenvalue weighted by Crippen LogP contribution is 2.33. The third-order valence-electron chi connectivity index (χ3n) is 4.70. The molecule has 14 heteroatoms. The fourth-order valence-corrected chi connectivity index (χ4v) is 3.81. The predicted molar refractivity (Wildman–Crippen MR) is 105 cm³/mol. The first-order valence-corrected chi connectivity index (χ1v) is 10.4. The molecule has 1 fully saturated rings. The molecule has 2 aromatic rings. The monoisotopic (exact) mass is 471 g/mol. The lowest BCUT2D eigenvalue weighted by Crippen LogP contribution is -2.34. The van der Waals surface area contributed by atoms with Crippen LogP contribution in [0.5, 0.6) is 0 Å². The van der Waals surface area contributed by atoms with Gasteiger partial charge in [0, 0.05) is 6.20 Å². The Bertz CT molecular complexity index is 1180. The Kier molecular flexibility index (Phi) is 5.82. The van der Waals surface area contributed by atoms with Crippen LogP contribution >= 0.6 is 0 Å². The van der Waals surface area contributed by atoms with Gasteiger partial charge in [-0.25, -0.2) is 22.9 Å². The topological polar surface area (TPSA) is 143 Å². The lowest BCUT2D eigenvalue weighted by molar-refractivity contribution is -0.119. The number of carbonyl (C=O) groups excluding carboxylic acids is 3. The van der Waals surface area contributed by atoms with Crippen molar-refractivity contribution in [2.75, 3.05) is 10.2 Å². The molecule has 1 aromatic heterocycles. The van der Waals surface area contributed by atoms with Crippen LogP contribution in [0.3, 0.4) is 0 Å². The van der Waals surface area contributed by atoms with Gasteiger partial charge in [0.1, 0.15) is 6.04 Å². The number of halogens is 3. The normalized spacial score (nSPS) is 17.1. The largest absolute Gasteiger partial charge is 0.501 e. The Morgan fingerprint density at radius 3 is 2.38 bits per heavy atom. The molecule has 0 aliphatic carbocycles. The number of hydrogen-bond donors (Lipinski definition) is 2. The molecule has 0 spiro atoms. The van der Waals surface area contributed by atoms with Gasteiger partial charge in [0.25, 0.3) is 15.7 Å². The number of amides is 5. The third-order valence-corrected chi connectivity index (χ3v) is 6.20. The van der Waals surface area contributed by atoms with Crippen LogP contribution < -0.4 is 16.0 Å². The van der Waals surface area contributed by atoms with Crippen molar-refractivity contribution in [1.29, 1.82) is 0 Å². The summed E-state index contributed by atoms with van der Waals surface area (Å²) in [7, 11) is -5.57. The maximum atomic E-state index is 12.9. The molecule has 5 amide bonds. The second kappa shape index (κ2) is 8.11. The van der Waals surface area contributed by atoms with Gasteiger partial charge in [0.05, 0.1) is 29.0 Å². The Hall–Kier alpha value is -3.68. The fourth-order valence-electron chi connectivity index (χ4n) is 3.05. The van der Waals surface area contributed by atoms with Gasteiger partial charge >= 0.3 is 17.6 Å². The van der Waals surface area contributed by atoms with Gasteiger partial charge in [-0.1, -0.05) is 0 Å². The number of anilines is 2. The molecule has 1 aromatic carbocycles. The van der Waals surface area contributed by atoms with Crippen molar-refractivity contribution in [3.63, 3.8) is 0 Å². The Balaban J connectivity index is 1.88. The second-order valence-electron chi connectivity index (χ2n) is 6.73. The van der Waals surface area contributed by atoms with E-state index in [4.69, 9.17) is 5.73 Å². The summed E-state index contributed by atoms with van der Waals surface area (Å²) < 4.78 is 61.2. The van der Waals surface area contributed by atoms with Crippen LogP contribution in [0.4, 0.5) is 34.1 Å². The summed E-state index contributed by atoms with van der Waals surface area (Å²) in [4.78, 5) is 41.5. The Morgan fingerprint density at radius 2 is 1.81 bits per heavy atom. The number of alkyl halides is 3. The van der Waals surface area contributed by atoms with Crippen molar-refractivity contribution >= 4 is 39.2 Å². The van der Waals surface area contributed by atoms with Gasteiger partial charge in [-0.3, -0.25) is 9.78 Å². The molecule has 3 N–H and O–H groups in total. The highest BCUT2D eigenvalue weighted by Gasteiger charge is 2.47. The van der Waals surface area contributed by atoms with E-state index in [1.165, 1.54) is 30.3 Å². The van der Waals surface area contributed by atoms with Crippen LogP contribution in [0, 0.1) is 0 Å². The zero-order valence-corrected chi connectivity index (χ0v) is 17.1. The molecule has 1 aliphatic rings. The number of nitrogens with zero attached hydrogens (tertiary/aromatic N) is 3. The lowest BCUT2D eigenvalue weighted by Gasteiger charge is -2.21. The number of pyridine rings is 1. The third kappa shape index (κ3) is 4.08. The van der Waals surface area contributed by atoms with Crippen LogP contribution in [0.15, 0.2) is 47.6 Å². The quantitative estimate of drug-likeness (QED) is 0.640. The van der Waals surface area contributed by atoms with Gasteiger partial charge < -0.3 is 16.0 Å². The Morgan fingerprint density at radius 1 is 1.19 bits per heavy atom. The molecular formula is C18H16F3N5O5S. The molecule has 0 radical (unpaired) electrons. The first-order chi connectivity index (χ1) is 14.8. The zero-order valence-electron chi connectivity index (χ0n) is 16.3. The van der Waals surface area contributed by atoms with E-state index in [9.17, 15) is 36.0 Å². The first-order valence-electron chi connectivity index (χ1n) is 8.90. The SMILES string of the molecule is CC1C(=O)N(c2ccc(S(=O)(=O)C(F)(F)F)cc2)C(=O)N1Cc1ccncc1NC(N)=O. The molecule has 3 rings (SSSR count). The minimum atomic E-state index is -5.57. The minimum Gasteiger partial charge on any atom is -0.351 e. The van der Waals surface area contributed by atoms with Gasteiger partial charge in [0.2, 0.25) is 0 Å². The number of urea groups is 2. The van der Waals surface area contributed by atoms with E-state index >= 15 is 0 Å². The highest BCUT2D eigenvalue weighted by molar-refractivity contribution is 7.92.